The Morgan fingerprint density at radius 2 is 1.54 bits per heavy atom. The maximum absolute atomic E-state index is 9.25. The van der Waals surface area contributed by atoms with Gasteiger partial charge in [-0.3, -0.25) is 0 Å². The lowest BCUT2D eigenvalue weighted by atomic mass is 9.89. The summed E-state index contributed by atoms with van der Waals surface area (Å²) in [4.78, 5) is 0. The zero-order valence-corrected chi connectivity index (χ0v) is 28.5. The maximum Gasteiger partial charge on any atom is 0.192 e. The summed E-state index contributed by atoms with van der Waals surface area (Å²) in [5.74, 6) is 0.429. The third-order valence-corrected chi connectivity index (χ3v) is 18.1. The first-order valence-electron chi connectivity index (χ1n) is 15.0. The van der Waals surface area contributed by atoms with Gasteiger partial charge in [0.05, 0.1) is 6.10 Å². The molecule has 1 rings (SSSR count). The first-order chi connectivity index (χ1) is 17.1. The van der Waals surface area contributed by atoms with Gasteiger partial charge in [0.2, 0.25) is 0 Å². The Kier molecular flexibility index (Phi) is 14.3. The van der Waals surface area contributed by atoms with Crippen molar-refractivity contribution in [3.8, 4) is 0 Å². The lowest BCUT2D eigenvalue weighted by molar-refractivity contribution is 0.178. The van der Waals surface area contributed by atoms with Crippen LogP contribution >= 0.6 is 0 Å². The smallest absolute Gasteiger partial charge is 0.192 e. The molecule has 0 saturated heterocycles. The van der Waals surface area contributed by atoms with Crippen molar-refractivity contribution < 1.29 is 14.0 Å². The summed E-state index contributed by atoms with van der Waals surface area (Å²) in [6, 6.07) is 0. The molecule has 0 aromatic rings. The molecule has 1 aliphatic carbocycles. The van der Waals surface area contributed by atoms with Gasteiger partial charge in [-0.2, -0.15) is 0 Å². The lowest BCUT2D eigenvalue weighted by Crippen LogP contribution is -2.45. The van der Waals surface area contributed by atoms with Crippen molar-refractivity contribution in [2.24, 2.45) is 5.92 Å². The monoisotopic (exact) mass is 550 g/mol. The summed E-state index contributed by atoms with van der Waals surface area (Å²) in [5, 5.41) is 9.74. The van der Waals surface area contributed by atoms with Gasteiger partial charge in [-0.25, -0.2) is 0 Å². The average Bonchev–Trinajstić information content (AvgIpc) is 3.15. The van der Waals surface area contributed by atoms with E-state index >= 15 is 0 Å². The summed E-state index contributed by atoms with van der Waals surface area (Å²) >= 11 is 0. The molecule has 1 aliphatic rings. The van der Waals surface area contributed by atoms with E-state index in [0.29, 0.717) is 11.0 Å². The van der Waals surface area contributed by atoms with E-state index in [1.165, 1.54) is 36.8 Å². The maximum atomic E-state index is 9.25. The van der Waals surface area contributed by atoms with Crippen molar-refractivity contribution in [2.45, 2.75) is 149 Å². The van der Waals surface area contributed by atoms with Gasteiger partial charge in [-0.05, 0) is 93.7 Å². The van der Waals surface area contributed by atoms with Crippen molar-refractivity contribution in [1.82, 2.24) is 0 Å². The van der Waals surface area contributed by atoms with E-state index in [1.807, 2.05) is 0 Å². The van der Waals surface area contributed by atoms with Crippen molar-refractivity contribution >= 4 is 16.6 Å². The molecule has 216 valence electrons. The summed E-state index contributed by atoms with van der Waals surface area (Å²) in [6.07, 6.45) is 19.7. The van der Waals surface area contributed by atoms with E-state index in [1.54, 1.807) is 0 Å². The predicted octanol–water partition coefficient (Wildman–Crippen LogP) is 9.96. The van der Waals surface area contributed by atoms with E-state index in [-0.39, 0.29) is 17.7 Å². The number of unbranched alkanes of at least 4 members (excludes halogenated alkanes) is 5. The van der Waals surface area contributed by atoms with Crippen LogP contribution in [0.1, 0.15) is 106 Å². The van der Waals surface area contributed by atoms with Gasteiger partial charge < -0.3 is 14.0 Å². The Balaban J connectivity index is 2.66. The van der Waals surface area contributed by atoms with Crippen molar-refractivity contribution in [1.29, 1.82) is 0 Å². The molecule has 0 saturated carbocycles. The van der Waals surface area contributed by atoms with Crippen molar-refractivity contribution in [3.63, 3.8) is 0 Å². The molecule has 37 heavy (non-hydrogen) atoms. The molecule has 0 bridgehead atoms. The Bertz CT molecular complexity index is 751. The highest BCUT2D eigenvalue weighted by Gasteiger charge is 2.43. The topological polar surface area (TPSA) is 38.7 Å². The summed E-state index contributed by atoms with van der Waals surface area (Å²) < 4.78 is 13.4. The van der Waals surface area contributed by atoms with Gasteiger partial charge >= 0.3 is 0 Å². The molecule has 0 heterocycles. The van der Waals surface area contributed by atoms with E-state index in [2.05, 4.69) is 99.0 Å². The van der Waals surface area contributed by atoms with Crippen LogP contribution < -0.4 is 0 Å². The van der Waals surface area contributed by atoms with Gasteiger partial charge in [-0.15, -0.1) is 0 Å². The second-order valence-corrected chi connectivity index (χ2v) is 23.7. The highest BCUT2D eigenvalue weighted by molar-refractivity contribution is 6.74. The van der Waals surface area contributed by atoms with Crippen molar-refractivity contribution in [3.05, 3.63) is 35.5 Å². The third-order valence-electron chi connectivity index (χ3n) is 9.09. The zero-order valence-electron chi connectivity index (χ0n) is 26.5. The number of rotatable bonds is 16. The van der Waals surface area contributed by atoms with Gasteiger partial charge in [0.25, 0.3) is 0 Å². The van der Waals surface area contributed by atoms with Crippen molar-refractivity contribution in [2.75, 3.05) is 13.2 Å². The van der Waals surface area contributed by atoms with Crippen LogP contribution in [0.2, 0.25) is 36.3 Å². The number of hydrogen-bond acceptors (Lipinski definition) is 3. The van der Waals surface area contributed by atoms with E-state index in [9.17, 15) is 5.11 Å². The molecule has 0 aromatic heterocycles. The summed E-state index contributed by atoms with van der Waals surface area (Å²) in [6.45, 7) is 26.7. The SMILES string of the molecule is CC=C(CCCCO)[C@@H]1CC=C(/C=C/CCCCCCO[Si](C)(C)C(C)(C)C)[C@H]1O[Si](C)(C)C(C)(C)C. The first kappa shape index (κ1) is 34.6. The largest absolute Gasteiger partial charge is 0.417 e. The summed E-state index contributed by atoms with van der Waals surface area (Å²) in [7, 11) is -3.50. The number of hydrogen-bond donors (Lipinski definition) is 1. The van der Waals surface area contributed by atoms with Gasteiger partial charge in [-0.1, -0.05) is 84.3 Å². The fraction of sp³-hybridized carbons (Fsp3) is 0.812. The van der Waals surface area contributed by atoms with Gasteiger partial charge in [0, 0.05) is 19.1 Å². The highest BCUT2D eigenvalue weighted by atomic mass is 28.4. The van der Waals surface area contributed by atoms with Crippen LogP contribution in [0, 0.1) is 5.92 Å². The minimum absolute atomic E-state index is 0.157. The van der Waals surface area contributed by atoms with Crippen LogP contribution in [-0.2, 0) is 8.85 Å². The van der Waals surface area contributed by atoms with Crippen LogP contribution in [0.3, 0.4) is 0 Å². The number of aliphatic hydroxyl groups excluding tert-OH is 1. The Hall–Kier alpha value is -0.466. The fourth-order valence-electron chi connectivity index (χ4n) is 4.35. The van der Waals surface area contributed by atoms with E-state index in [4.69, 9.17) is 8.85 Å². The van der Waals surface area contributed by atoms with E-state index in [0.717, 1.165) is 38.7 Å². The van der Waals surface area contributed by atoms with Gasteiger partial charge in [0.1, 0.15) is 0 Å². The predicted molar refractivity (Wildman–Crippen MR) is 168 cm³/mol. The van der Waals surface area contributed by atoms with Crippen LogP contribution in [0.5, 0.6) is 0 Å². The van der Waals surface area contributed by atoms with Crippen LogP contribution in [-0.4, -0.2) is 41.1 Å². The normalized spacial score (nSPS) is 20.2. The highest BCUT2D eigenvalue weighted by Crippen LogP contribution is 2.43. The molecule has 0 aromatic carbocycles. The third kappa shape index (κ3) is 11.3. The Morgan fingerprint density at radius 1 is 0.919 bits per heavy atom. The Morgan fingerprint density at radius 3 is 2.11 bits per heavy atom. The molecule has 3 nitrogen and oxygen atoms in total. The molecule has 5 heteroatoms. The number of allylic oxidation sites excluding steroid dienone is 3. The van der Waals surface area contributed by atoms with Crippen LogP contribution in [0.25, 0.3) is 0 Å². The molecule has 0 amide bonds. The van der Waals surface area contributed by atoms with Crippen LogP contribution in [0.4, 0.5) is 0 Å². The molecule has 0 fully saturated rings. The molecule has 0 spiro atoms. The zero-order chi connectivity index (χ0) is 28.3. The standard InChI is InChI=1S/C32H62O3Si2/c1-12-27(21-18-19-25-33)29-24-23-28(30(29)35-37(10,11)32(5,6)7)22-17-15-13-14-16-20-26-34-36(8,9)31(2,3)4/h12,17,22-23,29-30,33H,13-16,18-21,24-26H2,1-11H3/b22-17+,27-12?/t29-,30+/m0/s1. The van der Waals surface area contributed by atoms with Crippen LogP contribution in [0.15, 0.2) is 35.5 Å². The average molecular weight is 551 g/mol. The van der Waals surface area contributed by atoms with Gasteiger partial charge in [0.15, 0.2) is 16.6 Å². The molecule has 2 atom stereocenters. The minimum Gasteiger partial charge on any atom is -0.417 e. The lowest BCUT2D eigenvalue weighted by Gasteiger charge is -2.41. The first-order valence-corrected chi connectivity index (χ1v) is 20.8. The second kappa shape index (κ2) is 15.4. The molecule has 1 N–H and O–H groups in total. The molecule has 0 unspecified atom stereocenters. The molecule has 0 radical (unpaired) electrons. The second-order valence-electron chi connectivity index (χ2n) is 14.1. The fourth-order valence-corrected chi connectivity index (χ4v) is 6.73. The minimum atomic E-state index is -1.90. The number of aliphatic hydroxyl groups is 1. The molecular formula is C32H62O3Si2. The van der Waals surface area contributed by atoms with E-state index < -0.39 is 16.6 Å². The Labute approximate surface area is 233 Å². The molecular weight excluding hydrogens is 489 g/mol. The quantitative estimate of drug-likeness (QED) is 0.118. The summed E-state index contributed by atoms with van der Waals surface area (Å²) in [5.41, 5.74) is 2.87. The molecule has 0 aliphatic heterocycles.